The molecule has 6 heteroatoms. The van der Waals surface area contributed by atoms with Crippen LogP contribution in [-0.2, 0) is 4.79 Å². The summed E-state index contributed by atoms with van der Waals surface area (Å²) >= 11 is 0. The summed E-state index contributed by atoms with van der Waals surface area (Å²) in [4.78, 5) is 25.4. The molecule has 0 aliphatic heterocycles. The number of hydrogen-bond acceptors (Lipinski definition) is 4. The lowest BCUT2D eigenvalue weighted by Gasteiger charge is -2.12. The number of amides is 2. The molecular formula is C18H20N2O4. The van der Waals surface area contributed by atoms with Gasteiger partial charge in [0.15, 0.2) is 18.1 Å². The third-order valence-corrected chi connectivity index (χ3v) is 3.23. The van der Waals surface area contributed by atoms with E-state index in [2.05, 4.69) is 5.32 Å². The number of ether oxygens (including phenoxy) is 2. The van der Waals surface area contributed by atoms with Gasteiger partial charge in [-0.1, -0.05) is 18.2 Å². The van der Waals surface area contributed by atoms with Gasteiger partial charge in [-0.2, -0.15) is 0 Å². The molecule has 0 radical (unpaired) electrons. The molecule has 6 nitrogen and oxygen atoms in total. The highest BCUT2D eigenvalue weighted by Crippen LogP contribution is 2.25. The van der Waals surface area contributed by atoms with Crippen LogP contribution in [0.5, 0.6) is 11.5 Å². The highest BCUT2D eigenvalue weighted by Gasteiger charge is 2.10. The van der Waals surface area contributed by atoms with E-state index in [0.717, 1.165) is 0 Å². The second kappa shape index (κ2) is 8.01. The van der Waals surface area contributed by atoms with Crippen LogP contribution in [0, 0.1) is 0 Å². The zero-order chi connectivity index (χ0) is 17.5. The van der Waals surface area contributed by atoms with Crippen LogP contribution in [0.3, 0.4) is 0 Å². The maximum atomic E-state index is 12.0. The van der Waals surface area contributed by atoms with Gasteiger partial charge >= 0.3 is 0 Å². The number of anilines is 1. The summed E-state index contributed by atoms with van der Waals surface area (Å²) in [6, 6.07) is 13.9. The average Bonchev–Trinajstić information content (AvgIpc) is 2.59. The van der Waals surface area contributed by atoms with Gasteiger partial charge in [0.1, 0.15) is 0 Å². The molecule has 0 fully saturated rings. The first-order valence-electron chi connectivity index (χ1n) is 7.38. The SMILES string of the molecule is COc1ccccc1OCC(=O)Nc1cccc(C(=O)N(C)C)c1. The molecule has 0 saturated carbocycles. The first kappa shape index (κ1) is 17.3. The average molecular weight is 328 g/mol. The fraction of sp³-hybridized carbons (Fsp3) is 0.222. The van der Waals surface area contributed by atoms with Crippen molar-refractivity contribution < 1.29 is 19.1 Å². The van der Waals surface area contributed by atoms with Crippen LogP contribution in [-0.4, -0.2) is 44.5 Å². The Morgan fingerprint density at radius 3 is 2.42 bits per heavy atom. The molecule has 24 heavy (non-hydrogen) atoms. The second-order valence-corrected chi connectivity index (χ2v) is 5.27. The van der Waals surface area contributed by atoms with Crippen molar-refractivity contribution in [2.24, 2.45) is 0 Å². The Bertz CT molecular complexity index is 728. The van der Waals surface area contributed by atoms with E-state index in [1.165, 1.54) is 12.0 Å². The molecule has 2 amide bonds. The molecule has 2 rings (SSSR count). The number of benzene rings is 2. The summed E-state index contributed by atoms with van der Waals surface area (Å²) < 4.78 is 10.6. The zero-order valence-electron chi connectivity index (χ0n) is 13.9. The van der Waals surface area contributed by atoms with Crippen LogP contribution < -0.4 is 14.8 Å². The molecule has 2 aromatic rings. The highest BCUT2D eigenvalue weighted by atomic mass is 16.5. The topological polar surface area (TPSA) is 67.9 Å². The number of methoxy groups -OCH3 is 1. The summed E-state index contributed by atoms with van der Waals surface area (Å²) in [5.41, 5.74) is 1.04. The first-order chi connectivity index (χ1) is 11.5. The Hall–Kier alpha value is -3.02. The van der Waals surface area contributed by atoms with Crippen LogP contribution in [0.2, 0.25) is 0 Å². The van der Waals surface area contributed by atoms with Gasteiger partial charge in [-0.3, -0.25) is 9.59 Å². The van der Waals surface area contributed by atoms with E-state index in [4.69, 9.17) is 9.47 Å². The quantitative estimate of drug-likeness (QED) is 0.884. The third kappa shape index (κ3) is 4.49. The summed E-state index contributed by atoms with van der Waals surface area (Å²) in [6.45, 7) is -0.160. The maximum Gasteiger partial charge on any atom is 0.262 e. The van der Waals surface area contributed by atoms with Crippen molar-refractivity contribution in [3.8, 4) is 11.5 Å². The highest BCUT2D eigenvalue weighted by molar-refractivity contribution is 5.97. The maximum absolute atomic E-state index is 12.0. The van der Waals surface area contributed by atoms with Gasteiger partial charge in [0.25, 0.3) is 11.8 Å². The van der Waals surface area contributed by atoms with Gasteiger partial charge in [-0.05, 0) is 30.3 Å². The van der Waals surface area contributed by atoms with Gasteiger partial charge < -0.3 is 19.7 Å². The number of carbonyl (C=O) groups is 2. The van der Waals surface area contributed by atoms with E-state index in [1.54, 1.807) is 56.6 Å². The van der Waals surface area contributed by atoms with Gasteiger partial charge in [-0.15, -0.1) is 0 Å². The van der Waals surface area contributed by atoms with Gasteiger partial charge in [0, 0.05) is 25.3 Å². The Labute approximate surface area is 141 Å². The zero-order valence-corrected chi connectivity index (χ0v) is 13.9. The number of nitrogens with zero attached hydrogens (tertiary/aromatic N) is 1. The van der Waals surface area contributed by atoms with E-state index in [9.17, 15) is 9.59 Å². The molecule has 1 N–H and O–H groups in total. The minimum atomic E-state index is -0.324. The lowest BCUT2D eigenvalue weighted by Crippen LogP contribution is -2.23. The predicted molar refractivity (Wildman–Crippen MR) is 91.6 cm³/mol. The smallest absolute Gasteiger partial charge is 0.262 e. The minimum absolute atomic E-state index is 0.128. The van der Waals surface area contributed by atoms with Crippen molar-refractivity contribution in [3.05, 3.63) is 54.1 Å². The molecule has 0 aliphatic rings. The van der Waals surface area contributed by atoms with Gasteiger partial charge in [0.05, 0.1) is 7.11 Å². The van der Waals surface area contributed by atoms with E-state index in [0.29, 0.717) is 22.7 Å². The standard InChI is InChI=1S/C18H20N2O4/c1-20(2)18(22)13-7-6-8-14(11-13)19-17(21)12-24-16-10-5-4-9-15(16)23-3/h4-11H,12H2,1-3H3,(H,19,21). The molecule has 0 atom stereocenters. The molecule has 0 bridgehead atoms. The Balaban J connectivity index is 1.97. The Morgan fingerprint density at radius 1 is 1.04 bits per heavy atom. The van der Waals surface area contributed by atoms with Crippen molar-refractivity contribution in [2.75, 3.05) is 33.1 Å². The minimum Gasteiger partial charge on any atom is -0.493 e. The summed E-state index contributed by atoms with van der Waals surface area (Å²) in [5, 5.41) is 2.71. The van der Waals surface area contributed by atoms with Crippen molar-refractivity contribution in [1.29, 1.82) is 0 Å². The molecule has 0 spiro atoms. The molecule has 0 aromatic heterocycles. The number of nitrogens with one attached hydrogen (secondary N) is 1. The number of rotatable bonds is 6. The molecule has 2 aromatic carbocycles. The molecule has 126 valence electrons. The van der Waals surface area contributed by atoms with Crippen LogP contribution in [0.1, 0.15) is 10.4 Å². The second-order valence-electron chi connectivity index (χ2n) is 5.27. The molecule has 0 heterocycles. The largest absolute Gasteiger partial charge is 0.493 e. The third-order valence-electron chi connectivity index (χ3n) is 3.23. The monoisotopic (exact) mass is 328 g/mol. The summed E-state index contributed by atoms with van der Waals surface area (Å²) in [5.74, 6) is 0.599. The van der Waals surface area contributed by atoms with Gasteiger partial charge in [0.2, 0.25) is 0 Å². The lowest BCUT2D eigenvalue weighted by atomic mass is 10.2. The van der Waals surface area contributed by atoms with Crippen molar-refractivity contribution in [3.63, 3.8) is 0 Å². The Kier molecular flexibility index (Phi) is 5.78. The molecule has 0 saturated heterocycles. The van der Waals surface area contributed by atoms with Crippen LogP contribution >= 0.6 is 0 Å². The van der Waals surface area contributed by atoms with Crippen molar-refractivity contribution >= 4 is 17.5 Å². The number of para-hydroxylation sites is 2. The van der Waals surface area contributed by atoms with E-state index >= 15 is 0 Å². The van der Waals surface area contributed by atoms with Crippen molar-refractivity contribution in [1.82, 2.24) is 4.90 Å². The summed E-state index contributed by atoms with van der Waals surface area (Å²) in [7, 11) is 4.89. The van der Waals surface area contributed by atoms with E-state index in [1.807, 2.05) is 6.07 Å². The Morgan fingerprint density at radius 2 is 1.75 bits per heavy atom. The van der Waals surface area contributed by atoms with Gasteiger partial charge in [-0.25, -0.2) is 0 Å². The van der Waals surface area contributed by atoms with E-state index < -0.39 is 0 Å². The first-order valence-corrected chi connectivity index (χ1v) is 7.38. The lowest BCUT2D eigenvalue weighted by molar-refractivity contribution is -0.118. The normalized spacial score (nSPS) is 9.96. The summed E-state index contributed by atoms with van der Waals surface area (Å²) in [6.07, 6.45) is 0. The fourth-order valence-corrected chi connectivity index (χ4v) is 2.07. The molecule has 0 aliphatic carbocycles. The van der Waals surface area contributed by atoms with Crippen molar-refractivity contribution in [2.45, 2.75) is 0 Å². The fourth-order valence-electron chi connectivity index (χ4n) is 2.07. The van der Waals surface area contributed by atoms with Crippen LogP contribution in [0.25, 0.3) is 0 Å². The van der Waals surface area contributed by atoms with E-state index in [-0.39, 0.29) is 18.4 Å². The molecule has 0 unspecified atom stereocenters. The van der Waals surface area contributed by atoms with Crippen LogP contribution in [0.15, 0.2) is 48.5 Å². The predicted octanol–water partition coefficient (Wildman–Crippen LogP) is 2.41. The molecular weight excluding hydrogens is 308 g/mol. The number of hydrogen-bond donors (Lipinski definition) is 1. The van der Waals surface area contributed by atoms with Crippen LogP contribution in [0.4, 0.5) is 5.69 Å². The number of carbonyl (C=O) groups excluding carboxylic acids is 2.